The van der Waals surface area contributed by atoms with Gasteiger partial charge in [0, 0.05) is 55.7 Å². The number of Topliss-reactive ketones (excluding diaryl/α,β-unsaturated/α-hetero) is 4. The minimum atomic E-state index is -0.904. The van der Waals surface area contributed by atoms with Crippen molar-refractivity contribution in [1.29, 1.82) is 0 Å². The summed E-state index contributed by atoms with van der Waals surface area (Å²) in [7, 11) is 2.06. The summed E-state index contributed by atoms with van der Waals surface area (Å²) in [6, 6.07) is 23.3. The number of carbonyl (C=O) groups excluding carboxylic acids is 8. The molecule has 0 bridgehead atoms. The molecule has 4 aromatic carbocycles. The van der Waals surface area contributed by atoms with Crippen LogP contribution in [0.1, 0.15) is 102 Å². The molecule has 338 valence electrons. The monoisotopic (exact) mass is 904 g/mol. The zero-order valence-electron chi connectivity index (χ0n) is 35.9. The van der Waals surface area contributed by atoms with E-state index in [4.69, 9.17) is 14.6 Å². The first-order chi connectivity index (χ1) is 30.9. The lowest BCUT2D eigenvalue weighted by atomic mass is 9.92. The number of aliphatic hydroxyl groups is 1. The van der Waals surface area contributed by atoms with E-state index in [2.05, 4.69) is 11.9 Å². The highest BCUT2D eigenvalue weighted by Crippen LogP contribution is 2.36. The molecule has 0 radical (unpaired) electrons. The van der Waals surface area contributed by atoms with E-state index in [0.717, 1.165) is 53.3 Å². The van der Waals surface area contributed by atoms with Gasteiger partial charge >= 0.3 is 0 Å². The SMILES string of the molecule is CN1CCN(C(=O)c2ccc(COc3cccc4c3CN(C3CCC(=O)CC3=O)C4=O)cc2)CC1.Cl.O=C1CCC(N2C(=O)c3cccc(OCc4ccc(CO)cc4)c3C2=O)C(=O)C1. The molecule has 2 saturated carbocycles. The molecule has 1 saturated heterocycles. The summed E-state index contributed by atoms with van der Waals surface area (Å²) < 4.78 is 11.9. The van der Waals surface area contributed by atoms with E-state index in [1.54, 1.807) is 41.3 Å². The Balaban J connectivity index is 0.000000194. The predicted octanol–water partition coefficient (Wildman–Crippen LogP) is 4.77. The number of halogens is 1. The molecule has 3 aliphatic heterocycles. The highest BCUT2D eigenvalue weighted by atomic mass is 35.5. The number of rotatable bonds is 10. The van der Waals surface area contributed by atoms with Crippen molar-refractivity contribution in [2.24, 2.45) is 0 Å². The maximum absolute atomic E-state index is 13.0. The van der Waals surface area contributed by atoms with Crippen molar-refractivity contribution >= 4 is 59.2 Å². The van der Waals surface area contributed by atoms with Crippen LogP contribution in [0.3, 0.4) is 0 Å². The lowest BCUT2D eigenvalue weighted by Crippen LogP contribution is -2.47. The third-order valence-electron chi connectivity index (χ3n) is 12.4. The summed E-state index contributed by atoms with van der Waals surface area (Å²) in [5.41, 5.74) is 4.86. The van der Waals surface area contributed by atoms with Gasteiger partial charge in [-0.1, -0.05) is 48.5 Å². The van der Waals surface area contributed by atoms with E-state index in [1.807, 2.05) is 47.4 Å². The lowest BCUT2D eigenvalue weighted by molar-refractivity contribution is -0.134. The topological polar surface area (TPSA) is 188 Å². The van der Waals surface area contributed by atoms with Gasteiger partial charge in [0.2, 0.25) is 0 Å². The molecule has 16 heteroatoms. The third-order valence-corrected chi connectivity index (χ3v) is 12.4. The molecule has 4 amide bonds. The number of imide groups is 1. The Morgan fingerprint density at radius 2 is 1.17 bits per heavy atom. The van der Waals surface area contributed by atoms with E-state index in [-0.39, 0.29) is 97.3 Å². The number of amides is 4. The number of ketones is 4. The van der Waals surface area contributed by atoms with Crippen LogP contribution in [0.15, 0.2) is 84.9 Å². The highest BCUT2D eigenvalue weighted by Gasteiger charge is 2.46. The molecule has 4 aromatic rings. The van der Waals surface area contributed by atoms with E-state index in [9.17, 15) is 38.4 Å². The second-order valence-electron chi connectivity index (χ2n) is 16.7. The van der Waals surface area contributed by atoms with Crippen LogP contribution in [0, 0.1) is 0 Å². The maximum atomic E-state index is 13.0. The van der Waals surface area contributed by atoms with Crippen LogP contribution >= 0.6 is 12.4 Å². The van der Waals surface area contributed by atoms with Crippen molar-refractivity contribution in [3.8, 4) is 11.5 Å². The van der Waals surface area contributed by atoms with Crippen molar-refractivity contribution in [2.45, 2.75) is 77.0 Å². The maximum Gasteiger partial charge on any atom is 0.266 e. The van der Waals surface area contributed by atoms with Gasteiger partial charge in [0.1, 0.15) is 36.3 Å². The summed E-state index contributed by atoms with van der Waals surface area (Å²) in [5.74, 6) is -1.18. The molecule has 3 heterocycles. The van der Waals surface area contributed by atoms with Gasteiger partial charge in [-0.3, -0.25) is 43.3 Å². The third kappa shape index (κ3) is 9.92. The van der Waals surface area contributed by atoms with Gasteiger partial charge in [0.15, 0.2) is 11.6 Å². The average Bonchev–Trinajstić information content (AvgIpc) is 3.77. The van der Waals surface area contributed by atoms with Gasteiger partial charge in [0.25, 0.3) is 23.6 Å². The first-order valence-electron chi connectivity index (χ1n) is 21.4. The second-order valence-corrected chi connectivity index (χ2v) is 16.7. The zero-order chi connectivity index (χ0) is 45.1. The van der Waals surface area contributed by atoms with Gasteiger partial charge in [-0.25, -0.2) is 0 Å². The molecule has 0 spiro atoms. The Labute approximate surface area is 381 Å². The summed E-state index contributed by atoms with van der Waals surface area (Å²) in [5, 5.41) is 9.11. The highest BCUT2D eigenvalue weighted by molar-refractivity contribution is 6.24. The number of hydrogen-bond donors (Lipinski definition) is 1. The quantitative estimate of drug-likeness (QED) is 0.170. The van der Waals surface area contributed by atoms with Gasteiger partial charge in [-0.2, -0.15) is 0 Å². The molecule has 3 fully saturated rings. The summed E-state index contributed by atoms with van der Waals surface area (Å²) in [6.07, 6.45) is 0.709. The number of likely N-dealkylation sites (N-methyl/N-ethyl adjacent to an activating group) is 1. The zero-order valence-corrected chi connectivity index (χ0v) is 36.7. The smallest absolute Gasteiger partial charge is 0.266 e. The largest absolute Gasteiger partial charge is 0.489 e. The Hall–Kier alpha value is -6.55. The number of benzene rings is 4. The van der Waals surface area contributed by atoms with E-state index >= 15 is 0 Å². The van der Waals surface area contributed by atoms with Crippen LogP contribution in [0.2, 0.25) is 0 Å². The lowest BCUT2D eigenvalue weighted by Gasteiger charge is -2.32. The van der Waals surface area contributed by atoms with Crippen LogP contribution < -0.4 is 9.47 Å². The Morgan fingerprint density at radius 1 is 0.631 bits per heavy atom. The van der Waals surface area contributed by atoms with Crippen molar-refractivity contribution in [3.05, 3.63) is 129 Å². The van der Waals surface area contributed by atoms with Crippen LogP contribution in [0.5, 0.6) is 11.5 Å². The number of ether oxygens (including phenoxy) is 2. The van der Waals surface area contributed by atoms with Crippen LogP contribution in [-0.4, -0.2) is 117 Å². The first-order valence-corrected chi connectivity index (χ1v) is 21.4. The summed E-state index contributed by atoms with van der Waals surface area (Å²) in [4.78, 5) is 106. The van der Waals surface area contributed by atoms with Crippen molar-refractivity contribution in [2.75, 3.05) is 33.2 Å². The molecular weight excluding hydrogens is 856 g/mol. The predicted molar refractivity (Wildman–Crippen MR) is 237 cm³/mol. The fourth-order valence-corrected chi connectivity index (χ4v) is 8.71. The number of carbonyl (C=O) groups is 8. The van der Waals surface area contributed by atoms with E-state index in [1.165, 1.54) is 6.07 Å². The number of hydrogen-bond acceptors (Lipinski definition) is 12. The number of nitrogens with zero attached hydrogens (tertiary/aromatic N) is 4. The Bertz CT molecular complexity index is 2540. The summed E-state index contributed by atoms with van der Waals surface area (Å²) >= 11 is 0. The van der Waals surface area contributed by atoms with Crippen molar-refractivity contribution in [3.63, 3.8) is 0 Å². The number of fused-ring (bicyclic) bond motifs is 2. The van der Waals surface area contributed by atoms with Gasteiger partial charge in [-0.05, 0) is 73.0 Å². The molecule has 2 aliphatic carbocycles. The van der Waals surface area contributed by atoms with Crippen molar-refractivity contribution in [1.82, 2.24) is 19.6 Å². The molecule has 5 aliphatic rings. The van der Waals surface area contributed by atoms with Gasteiger partial charge in [0.05, 0.1) is 49.2 Å². The minimum absolute atomic E-state index is 0. The van der Waals surface area contributed by atoms with Gasteiger partial charge < -0.3 is 29.3 Å². The minimum Gasteiger partial charge on any atom is -0.489 e. The van der Waals surface area contributed by atoms with E-state index in [0.29, 0.717) is 42.9 Å². The van der Waals surface area contributed by atoms with Crippen LogP contribution in [0.25, 0.3) is 0 Å². The van der Waals surface area contributed by atoms with Crippen molar-refractivity contribution < 1.29 is 52.9 Å². The van der Waals surface area contributed by atoms with E-state index < -0.39 is 29.7 Å². The van der Waals surface area contributed by atoms with Crippen LogP contribution in [0.4, 0.5) is 0 Å². The molecule has 65 heavy (non-hydrogen) atoms. The molecular formula is C49H49ClN4O11. The van der Waals surface area contributed by atoms with Gasteiger partial charge in [-0.15, -0.1) is 12.4 Å². The molecule has 15 nitrogen and oxygen atoms in total. The number of piperazine rings is 1. The second kappa shape index (κ2) is 20.1. The molecule has 0 aromatic heterocycles. The molecule has 9 rings (SSSR count). The average molecular weight is 905 g/mol. The fourth-order valence-electron chi connectivity index (χ4n) is 8.71. The molecule has 2 atom stereocenters. The molecule has 2 unspecified atom stereocenters. The normalized spacial score (nSPS) is 19.7. The molecule has 1 N–H and O–H groups in total. The summed E-state index contributed by atoms with van der Waals surface area (Å²) in [6.45, 7) is 3.96. The Morgan fingerprint density at radius 3 is 1.77 bits per heavy atom. The fraction of sp³-hybridized carbons (Fsp3) is 0.347. The number of aliphatic hydroxyl groups excluding tert-OH is 1. The standard InChI is InChI=1S/C27H29N3O5.C22H19NO6.ClH/c1-28-11-13-29(14-12-28)26(33)19-7-5-18(6-8-19)17-35-25-4-2-3-21-22(25)16-30(27(21)34)23-10-9-20(31)15-24(23)32;24-11-13-4-6-14(7-5-13)12-29-19-3-1-2-16-20(19)22(28)23(21(16)27)17-9-8-15(25)10-18(17)26;/h2-8,23H,9-17H2,1H3;1-7,17,24H,8-12H2;1H. The van der Waals surface area contributed by atoms with Crippen LogP contribution in [-0.2, 0) is 45.5 Å². The Kier molecular flexibility index (Phi) is 14.4. The first kappa shape index (κ1) is 46.4.